The molecule has 108 valence electrons. The minimum atomic E-state index is -2.40. The number of nitrogen functional groups attached to an aromatic ring is 1. The highest BCUT2D eigenvalue weighted by molar-refractivity contribution is 6.01. The molecule has 1 atom stereocenters. The van der Waals surface area contributed by atoms with Crippen molar-refractivity contribution in [2.24, 2.45) is 0 Å². The maximum atomic E-state index is 13.6. The van der Waals surface area contributed by atoms with Gasteiger partial charge in [-0.25, -0.2) is 9.59 Å². The molecule has 2 rings (SSSR count). The first-order chi connectivity index (χ1) is 10.1. The van der Waals surface area contributed by atoms with Crippen LogP contribution in [0.5, 0.6) is 5.75 Å². The van der Waals surface area contributed by atoms with Gasteiger partial charge in [-0.2, -0.15) is 4.39 Å². The highest BCUT2D eigenvalue weighted by Crippen LogP contribution is 2.15. The van der Waals surface area contributed by atoms with E-state index < -0.39 is 18.3 Å². The third kappa shape index (κ3) is 3.79. The first-order valence-corrected chi connectivity index (χ1v) is 6.04. The van der Waals surface area contributed by atoms with Crippen molar-refractivity contribution in [2.45, 2.75) is 6.36 Å². The van der Waals surface area contributed by atoms with Crippen LogP contribution in [0.25, 0.3) is 0 Å². The third-order valence-corrected chi connectivity index (χ3v) is 2.54. The van der Waals surface area contributed by atoms with Crippen molar-refractivity contribution in [1.82, 2.24) is 0 Å². The maximum absolute atomic E-state index is 13.6. The molecule has 0 amide bonds. The number of rotatable bonds is 4. The Kier molecular flexibility index (Phi) is 4.50. The number of alkyl halides is 1. The van der Waals surface area contributed by atoms with Crippen molar-refractivity contribution in [3.63, 3.8) is 0 Å². The molecule has 0 saturated carbocycles. The van der Waals surface area contributed by atoms with E-state index in [0.29, 0.717) is 0 Å². The first-order valence-electron chi connectivity index (χ1n) is 6.04. The Morgan fingerprint density at radius 1 is 1.00 bits per heavy atom. The fraction of sp³-hybridized carbons (Fsp3) is 0.0667. The molecular weight excluding hydrogens is 277 g/mol. The van der Waals surface area contributed by atoms with Gasteiger partial charge in [0.2, 0.25) is 0 Å². The van der Waals surface area contributed by atoms with Gasteiger partial charge >= 0.3 is 18.3 Å². The molecule has 0 fully saturated rings. The van der Waals surface area contributed by atoms with Gasteiger partial charge in [-0.1, -0.05) is 30.3 Å². The largest absolute Gasteiger partial charge is 0.451 e. The van der Waals surface area contributed by atoms with Crippen LogP contribution in [0.3, 0.4) is 0 Å². The Morgan fingerprint density at radius 3 is 2.29 bits per heavy atom. The molecule has 0 radical (unpaired) electrons. The molecule has 0 aliphatic heterocycles. The summed E-state index contributed by atoms with van der Waals surface area (Å²) in [6.45, 7) is 0. The Labute approximate surface area is 120 Å². The topological polar surface area (TPSA) is 78.6 Å². The molecule has 0 aliphatic carbocycles. The van der Waals surface area contributed by atoms with Gasteiger partial charge in [0.25, 0.3) is 0 Å². The molecule has 0 aliphatic rings. The lowest BCUT2D eigenvalue weighted by Crippen LogP contribution is -2.27. The molecule has 6 heteroatoms. The fourth-order valence-electron chi connectivity index (χ4n) is 1.54. The molecule has 5 nitrogen and oxygen atoms in total. The van der Waals surface area contributed by atoms with Crippen molar-refractivity contribution in [3.05, 3.63) is 60.2 Å². The first kappa shape index (κ1) is 14.5. The van der Waals surface area contributed by atoms with E-state index in [4.69, 9.17) is 10.5 Å². The summed E-state index contributed by atoms with van der Waals surface area (Å²) in [5.41, 5.74) is 5.68. The zero-order valence-corrected chi connectivity index (χ0v) is 10.9. The smallest absolute Gasteiger partial charge is 0.389 e. The Hall–Kier alpha value is -2.89. The summed E-state index contributed by atoms with van der Waals surface area (Å²) in [4.78, 5) is 23.1. The van der Waals surface area contributed by atoms with Crippen LogP contribution in [-0.4, -0.2) is 18.3 Å². The summed E-state index contributed by atoms with van der Waals surface area (Å²) in [5, 5.41) is 0. The number of ether oxygens (including phenoxy) is 2. The lowest BCUT2D eigenvalue weighted by Gasteiger charge is -2.10. The molecule has 0 heterocycles. The number of esters is 2. The van der Waals surface area contributed by atoms with Gasteiger partial charge in [-0.05, 0) is 24.3 Å². The number of halogens is 1. The van der Waals surface area contributed by atoms with Crippen molar-refractivity contribution in [2.75, 3.05) is 5.73 Å². The quantitative estimate of drug-likeness (QED) is 0.531. The number of benzene rings is 2. The van der Waals surface area contributed by atoms with Crippen LogP contribution in [0.1, 0.15) is 10.4 Å². The number of nitrogens with two attached hydrogens (primary N) is 1. The van der Waals surface area contributed by atoms with Crippen LogP contribution < -0.4 is 10.5 Å². The third-order valence-electron chi connectivity index (χ3n) is 2.54. The van der Waals surface area contributed by atoms with E-state index in [9.17, 15) is 14.0 Å². The van der Waals surface area contributed by atoms with Crippen LogP contribution in [0.2, 0.25) is 0 Å². The number of hydrogen-bond donors (Lipinski definition) is 1. The zero-order chi connectivity index (χ0) is 15.2. The number of anilines is 1. The molecule has 2 aromatic carbocycles. The molecule has 2 aromatic rings. The fourth-order valence-corrected chi connectivity index (χ4v) is 1.54. The van der Waals surface area contributed by atoms with E-state index in [0.717, 1.165) is 0 Å². The molecule has 2 N–H and O–H groups in total. The Bertz CT molecular complexity index is 645. The minimum Gasteiger partial charge on any atom is -0.451 e. The molecule has 0 spiro atoms. The van der Waals surface area contributed by atoms with E-state index in [1.54, 1.807) is 30.3 Å². The van der Waals surface area contributed by atoms with E-state index in [2.05, 4.69) is 4.74 Å². The molecule has 0 saturated heterocycles. The molecule has 1 unspecified atom stereocenters. The van der Waals surface area contributed by atoms with Crippen LogP contribution in [0.15, 0.2) is 54.6 Å². The summed E-state index contributed by atoms with van der Waals surface area (Å²) >= 11 is 0. The van der Waals surface area contributed by atoms with Crippen molar-refractivity contribution < 1.29 is 23.5 Å². The number of hydrogen-bond acceptors (Lipinski definition) is 5. The van der Waals surface area contributed by atoms with Gasteiger partial charge in [0, 0.05) is 5.69 Å². The molecule has 21 heavy (non-hydrogen) atoms. The summed E-state index contributed by atoms with van der Waals surface area (Å²) in [5.74, 6) is -2.32. The predicted octanol–water partition coefficient (Wildman–Crippen LogP) is 2.33. The van der Waals surface area contributed by atoms with Crippen molar-refractivity contribution >= 4 is 17.6 Å². The van der Waals surface area contributed by atoms with Gasteiger partial charge in [0.05, 0.1) is 5.56 Å². The van der Waals surface area contributed by atoms with Crippen molar-refractivity contribution in [1.29, 1.82) is 0 Å². The molecule has 0 aromatic heterocycles. The summed E-state index contributed by atoms with van der Waals surface area (Å²) in [6, 6.07) is 13.9. The highest BCUT2D eigenvalue weighted by Gasteiger charge is 2.25. The second kappa shape index (κ2) is 6.51. The van der Waals surface area contributed by atoms with E-state index in [1.165, 1.54) is 24.3 Å². The lowest BCUT2D eigenvalue weighted by atomic mass is 10.2. The van der Waals surface area contributed by atoms with Gasteiger partial charge in [-0.15, -0.1) is 0 Å². The van der Waals surface area contributed by atoms with Gasteiger partial charge in [0.15, 0.2) is 0 Å². The van der Waals surface area contributed by atoms with Crippen LogP contribution in [-0.2, 0) is 9.53 Å². The summed E-state index contributed by atoms with van der Waals surface area (Å²) in [6.07, 6.45) is -2.40. The van der Waals surface area contributed by atoms with Crippen LogP contribution in [0.4, 0.5) is 10.1 Å². The second-order valence-electron chi connectivity index (χ2n) is 4.04. The van der Waals surface area contributed by atoms with E-state index >= 15 is 0 Å². The molecule has 0 bridgehead atoms. The maximum Gasteiger partial charge on any atom is 0.389 e. The predicted molar refractivity (Wildman–Crippen MR) is 73.2 cm³/mol. The van der Waals surface area contributed by atoms with E-state index in [1.807, 2.05) is 0 Å². The second-order valence-corrected chi connectivity index (χ2v) is 4.04. The van der Waals surface area contributed by atoms with Gasteiger partial charge < -0.3 is 15.2 Å². The normalized spacial score (nSPS) is 11.5. The Balaban J connectivity index is 1.98. The monoisotopic (exact) mass is 289 g/mol. The lowest BCUT2D eigenvalue weighted by molar-refractivity contribution is -0.154. The highest BCUT2D eigenvalue weighted by atomic mass is 19.1. The number of carbonyl (C=O) groups is 2. The minimum absolute atomic E-state index is 0.0160. The van der Waals surface area contributed by atoms with Gasteiger partial charge in [0.1, 0.15) is 5.75 Å². The average Bonchev–Trinajstić information content (AvgIpc) is 2.48. The van der Waals surface area contributed by atoms with Crippen LogP contribution in [0, 0.1) is 0 Å². The van der Waals surface area contributed by atoms with Crippen LogP contribution >= 0.6 is 0 Å². The van der Waals surface area contributed by atoms with E-state index in [-0.39, 0.29) is 17.0 Å². The van der Waals surface area contributed by atoms with Gasteiger partial charge in [-0.3, -0.25) is 0 Å². The Morgan fingerprint density at radius 2 is 1.62 bits per heavy atom. The summed E-state index contributed by atoms with van der Waals surface area (Å²) in [7, 11) is 0. The number of para-hydroxylation sites is 2. The average molecular weight is 289 g/mol. The summed E-state index contributed by atoms with van der Waals surface area (Å²) < 4.78 is 22.7. The SMILES string of the molecule is Nc1ccccc1C(=O)OC(=O)C(F)Oc1ccccc1. The molecular formula is C15H12FNO4. The van der Waals surface area contributed by atoms with Crippen molar-refractivity contribution in [3.8, 4) is 5.75 Å². The standard InChI is InChI=1S/C15H12FNO4/c16-13(20-10-6-2-1-3-7-10)15(19)21-14(18)11-8-4-5-9-12(11)17/h1-9,13H,17H2. The number of carbonyl (C=O) groups excluding carboxylic acids is 2. The zero-order valence-electron chi connectivity index (χ0n) is 10.9.